The van der Waals surface area contributed by atoms with Crippen molar-refractivity contribution in [3.63, 3.8) is 0 Å². The van der Waals surface area contributed by atoms with Gasteiger partial charge in [0.15, 0.2) is 0 Å². The molecule has 0 amide bonds. The second-order valence-corrected chi connectivity index (χ2v) is 9.07. The largest absolute Gasteiger partial charge is 0.367 e. The molecule has 1 aromatic carbocycles. The van der Waals surface area contributed by atoms with E-state index in [-0.39, 0.29) is 0 Å². The molecule has 0 radical (unpaired) electrons. The number of hydrogen-bond acceptors (Lipinski definition) is 1. The minimum atomic E-state index is 0.474. The van der Waals surface area contributed by atoms with Gasteiger partial charge in [0.25, 0.3) is 0 Å². The van der Waals surface area contributed by atoms with E-state index in [9.17, 15) is 0 Å². The lowest BCUT2D eigenvalue weighted by Gasteiger charge is -2.44. The molecular formula is C23H36NO+. The molecule has 2 nitrogen and oxygen atoms in total. The van der Waals surface area contributed by atoms with Gasteiger partial charge in [0.05, 0.1) is 19.7 Å². The predicted molar refractivity (Wildman–Crippen MR) is 103 cm³/mol. The summed E-state index contributed by atoms with van der Waals surface area (Å²) in [5.41, 5.74) is 1.83. The number of quaternary nitrogens is 1. The number of unbranched alkanes of at least 4 members (excludes halogenated alkanes) is 3. The summed E-state index contributed by atoms with van der Waals surface area (Å²) in [4.78, 5) is 0. The van der Waals surface area contributed by atoms with E-state index in [1.54, 1.807) is 0 Å². The van der Waals surface area contributed by atoms with Crippen molar-refractivity contribution in [3.8, 4) is 0 Å². The van der Waals surface area contributed by atoms with Gasteiger partial charge in [-0.05, 0) is 38.2 Å². The van der Waals surface area contributed by atoms with Crippen LogP contribution in [0.3, 0.4) is 0 Å². The van der Waals surface area contributed by atoms with E-state index in [2.05, 4.69) is 44.2 Å². The molecule has 3 aliphatic rings. The highest BCUT2D eigenvalue weighted by atomic mass is 16.5. The van der Waals surface area contributed by atoms with E-state index in [1.165, 1.54) is 74.6 Å². The van der Waals surface area contributed by atoms with Gasteiger partial charge in [0.1, 0.15) is 18.2 Å². The summed E-state index contributed by atoms with van der Waals surface area (Å²) in [6, 6.07) is 10.7. The van der Waals surface area contributed by atoms with Gasteiger partial charge in [-0.15, -0.1) is 0 Å². The second kappa shape index (κ2) is 7.04. The molecule has 5 atom stereocenters. The zero-order chi connectivity index (χ0) is 17.3. The molecule has 3 fully saturated rings. The van der Waals surface area contributed by atoms with Crippen molar-refractivity contribution in [2.45, 2.75) is 77.0 Å². The third-order valence-electron chi connectivity index (χ3n) is 8.06. The predicted octanol–water partition coefficient (Wildman–Crippen LogP) is 5.17. The Hall–Kier alpha value is -0.860. The van der Waals surface area contributed by atoms with Crippen molar-refractivity contribution in [1.29, 1.82) is 0 Å². The summed E-state index contributed by atoms with van der Waals surface area (Å²) in [5.74, 6) is 1.74. The number of rotatable bonds is 8. The van der Waals surface area contributed by atoms with Gasteiger partial charge < -0.3 is 9.22 Å². The number of ether oxygens (including phenoxy) is 1. The quantitative estimate of drug-likeness (QED) is 0.468. The summed E-state index contributed by atoms with van der Waals surface area (Å²) < 4.78 is 7.94. The molecule has 0 bridgehead atoms. The van der Waals surface area contributed by atoms with Crippen LogP contribution < -0.4 is 0 Å². The zero-order valence-corrected chi connectivity index (χ0v) is 16.3. The maximum Gasteiger partial charge on any atom is 0.116 e. The maximum atomic E-state index is 6.56. The molecule has 138 valence electrons. The van der Waals surface area contributed by atoms with Crippen molar-refractivity contribution < 1.29 is 9.22 Å². The Morgan fingerprint density at radius 2 is 1.92 bits per heavy atom. The highest BCUT2D eigenvalue weighted by Crippen LogP contribution is 2.60. The van der Waals surface area contributed by atoms with E-state index < -0.39 is 0 Å². The molecule has 25 heavy (non-hydrogen) atoms. The monoisotopic (exact) mass is 342 g/mol. The average molecular weight is 343 g/mol. The molecule has 2 heteroatoms. The molecule has 2 aliphatic heterocycles. The van der Waals surface area contributed by atoms with Crippen molar-refractivity contribution in [1.82, 2.24) is 0 Å². The highest BCUT2D eigenvalue weighted by Gasteiger charge is 2.70. The third kappa shape index (κ3) is 2.86. The fraction of sp³-hybridized carbons (Fsp3) is 0.739. The first-order chi connectivity index (χ1) is 12.2. The van der Waals surface area contributed by atoms with Crippen LogP contribution in [0.15, 0.2) is 30.3 Å². The fourth-order valence-electron chi connectivity index (χ4n) is 6.64. The number of hydrogen-bond donors (Lipinski definition) is 0. The Kier molecular flexibility index (Phi) is 4.94. The van der Waals surface area contributed by atoms with Gasteiger partial charge in [-0.3, -0.25) is 0 Å². The molecule has 0 spiro atoms. The van der Waals surface area contributed by atoms with Crippen molar-refractivity contribution in [2.24, 2.45) is 11.8 Å². The number of nitrogens with zero attached hydrogens (tertiary/aromatic N) is 1. The van der Waals surface area contributed by atoms with Gasteiger partial charge in [0, 0.05) is 18.3 Å². The maximum absolute atomic E-state index is 6.56. The molecule has 1 saturated carbocycles. The van der Waals surface area contributed by atoms with Crippen LogP contribution in [0.2, 0.25) is 0 Å². The molecule has 4 rings (SSSR count). The van der Waals surface area contributed by atoms with Crippen molar-refractivity contribution >= 4 is 0 Å². The summed E-state index contributed by atoms with van der Waals surface area (Å²) in [7, 11) is 0. The number of benzene rings is 1. The summed E-state index contributed by atoms with van der Waals surface area (Å²) in [6.07, 6.45) is 10.3. The van der Waals surface area contributed by atoms with E-state index >= 15 is 0 Å². The molecular weight excluding hydrogens is 306 g/mol. The lowest BCUT2D eigenvalue weighted by atomic mass is 9.83. The van der Waals surface area contributed by atoms with Crippen LogP contribution in [0.25, 0.3) is 0 Å². The smallest absolute Gasteiger partial charge is 0.116 e. The van der Waals surface area contributed by atoms with Crippen LogP contribution >= 0.6 is 0 Å². The lowest BCUT2D eigenvalue weighted by Crippen LogP contribution is -2.58. The van der Waals surface area contributed by atoms with E-state index in [4.69, 9.17) is 4.74 Å². The second-order valence-electron chi connectivity index (χ2n) is 9.07. The van der Waals surface area contributed by atoms with Gasteiger partial charge in [-0.1, -0.05) is 50.1 Å². The Morgan fingerprint density at radius 1 is 1.08 bits per heavy atom. The Morgan fingerprint density at radius 3 is 2.72 bits per heavy atom. The minimum absolute atomic E-state index is 0.474. The summed E-state index contributed by atoms with van der Waals surface area (Å²) in [5, 5.41) is 0. The van der Waals surface area contributed by atoms with Gasteiger partial charge in [0.2, 0.25) is 0 Å². The normalized spacial score (nSPS) is 39.0. The van der Waals surface area contributed by atoms with Gasteiger partial charge in [-0.2, -0.15) is 0 Å². The van der Waals surface area contributed by atoms with Gasteiger partial charge in [-0.25, -0.2) is 0 Å². The molecule has 2 heterocycles. The SMILES string of the molecule is CCCCCC[N@+]12CC[C@@H]3CC[C@H]([C@@H](OCc4ccccc4)C1)[C@@]32C. The van der Waals surface area contributed by atoms with Crippen molar-refractivity contribution in [2.75, 3.05) is 19.6 Å². The van der Waals surface area contributed by atoms with Crippen LogP contribution in [-0.2, 0) is 11.3 Å². The molecule has 1 aromatic rings. The van der Waals surface area contributed by atoms with E-state index in [0.29, 0.717) is 11.6 Å². The lowest BCUT2D eigenvalue weighted by molar-refractivity contribution is -0.953. The standard InChI is InChI=1S/C23H36NO/c1-3-4-5-9-15-24-16-14-20-12-13-21(23(20,24)2)22(17-24)25-18-19-10-7-6-8-11-19/h6-8,10-11,20-22H,3-5,9,12-18H2,1-2H3/q+1/t20-,21+,22-,23+,24-/m0/s1. The van der Waals surface area contributed by atoms with Crippen LogP contribution in [-0.4, -0.2) is 35.8 Å². The average Bonchev–Trinajstić information content (AvgIpc) is 3.20. The molecule has 0 N–H and O–H groups in total. The molecule has 0 unspecified atom stereocenters. The third-order valence-corrected chi connectivity index (χ3v) is 8.06. The van der Waals surface area contributed by atoms with Crippen molar-refractivity contribution in [3.05, 3.63) is 35.9 Å². The van der Waals surface area contributed by atoms with Crippen LogP contribution in [0.1, 0.15) is 64.4 Å². The molecule has 2 saturated heterocycles. The zero-order valence-electron chi connectivity index (χ0n) is 16.3. The Balaban J connectivity index is 1.46. The Bertz CT molecular complexity index is 573. The fourth-order valence-corrected chi connectivity index (χ4v) is 6.64. The van der Waals surface area contributed by atoms with Crippen LogP contribution in [0, 0.1) is 11.8 Å². The highest BCUT2D eigenvalue weighted by molar-refractivity contribution is 5.14. The van der Waals surface area contributed by atoms with E-state index in [0.717, 1.165) is 18.4 Å². The van der Waals surface area contributed by atoms with Crippen LogP contribution in [0.4, 0.5) is 0 Å². The van der Waals surface area contributed by atoms with Crippen LogP contribution in [0.5, 0.6) is 0 Å². The van der Waals surface area contributed by atoms with Gasteiger partial charge >= 0.3 is 0 Å². The first-order valence-electron chi connectivity index (χ1n) is 10.7. The topological polar surface area (TPSA) is 9.23 Å². The summed E-state index contributed by atoms with van der Waals surface area (Å²) >= 11 is 0. The van der Waals surface area contributed by atoms with E-state index in [1.807, 2.05) is 0 Å². The molecule has 1 aliphatic carbocycles. The minimum Gasteiger partial charge on any atom is -0.367 e. The Labute approximate surface area is 154 Å². The first-order valence-corrected chi connectivity index (χ1v) is 10.7. The summed E-state index contributed by atoms with van der Waals surface area (Å²) in [6.45, 7) is 9.82. The first kappa shape index (κ1) is 17.5. The molecule has 0 aromatic heterocycles.